The molecule has 10 heteroatoms. The van der Waals surface area contributed by atoms with Gasteiger partial charge in [0, 0.05) is 29.9 Å². The van der Waals surface area contributed by atoms with Gasteiger partial charge in [-0.05, 0) is 59.7 Å². The number of anilines is 1. The Kier molecular flexibility index (Phi) is 6.90. The number of benzene rings is 1. The summed E-state index contributed by atoms with van der Waals surface area (Å²) in [4.78, 5) is 11.0. The van der Waals surface area contributed by atoms with Gasteiger partial charge in [0.05, 0.1) is 6.20 Å². The van der Waals surface area contributed by atoms with Crippen molar-refractivity contribution in [3.05, 3.63) is 42.4 Å². The van der Waals surface area contributed by atoms with E-state index in [-0.39, 0.29) is 23.1 Å². The van der Waals surface area contributed by atoms with Crippen LogP contribution in [0.5, 0.6) is 0 Å². The van der Waals surface area contributed by atoms with Crippen LogP contribution < -0.4 is 10.6 Å². The number of nitrogens with zero attached hydrogens (tertiary/aromatic N) is 3. The highest BCUT2D eigenvalue weighted by Crippen LogP contribution is 2.39. The highest BCUT2D eigenvalue weighted by atomic mass is 19.3. The summed E-state index contributed by atoms with van der Waals surface area (Å²) in [6, 6.07) is 8.53. The average molecular weight is 456 g/mol. The van der Waals surface area contributed by atoms with Crippen LogP contribution in [0.4, 0.5) is 18.9 Å². The minimum atomic E-state index is -3.23. The third-order valence-corrected chi connectivity index (χ3v) is 6.32. The lowest BCUT2D eigenvalue weighted by atomic mass is 9.77. The van der Waals surface area contributed by atoms with E-state index in [1.54, 1.807) is 24.3 Å². The van der Waals surface area contributed by atoms with Gasteiger partial charge >= 0.3 is 6.61 Å². The number of rotatable bonds is 6. The highest BCUT2D eigenvalue weighted by molar-refractivity contribution is 5.94. The number of methoxy groups -OCH3 is 1. The molecule has 1 atom stereocenters. The molecule has 1 unspecified atom stereocenters. The number of para-hydroxylation sites is 1. The molecule has 1 fully saturated rings. The molecular weight excluding hydrogens is 423 g/mol. The molecule has 7 nitrogen and oxygen atoms in total. The topological polar surface area (TPSA) is 61.4 Å². The van der Waals surface area contributed by atoms with Gasteiger partial charge in [-0.25, -0.2) is 9.38 Å². The van der Waals surface area contributed by atoms with Gasteiger partial charge in [0.1, 0.15) is 0 Å². The van der Waals surface area contributed by atoms with Crippen LogP contribution in [0.1, 0.15) is 40.5 Å². The molecule has 1 aromatic rings. The number of aliphatic imine (C=N–C) groups is 1. The Morgan fingerprint density at radius 3 is 2.22 bits per heavy atom. The zero-order valence-electron chi connectivity index (χ0n) is 19.3. The number of piperidine rings is 1. The first-order chi connectivity index (χ1) is 14.9. The van der Waals surface area contributed by atoms with Crippen molar-refractivity contribution in [1.29, 1.82) is 0 Å². The molecule has 1 saturated heterocycles. The van der Waals surface area contributed by atoms with Crippen LogP contribution in [0.25, 0.3) is 0 Å². The lowest BCUT2D eigenvalue weighted by molar-refractivity contribution is -0.335. The van der Waals surface area contributed by atoms with Gasteiger partial charge in [-0.2, -0.15) is 18.7 Å². The van der Waals surface area contributed by atoms with E-state index < -0.39 is 18.3 Å². The summed E-state index contributed by atoms with van der Waals surface area (Å²) in [5, 5.41) is 6.67. The fraction of sp³-hybridized carbons (Fsp3) is 0.591. The molecule has 0 saturated carbocycles. The first kappa shape index (κ1) is 24.5. The first-order valence-electron chi connectivity index (χ1n) is 10.5. The molecular formula is C22H32F3N5O2. The molecule has 0 bridgehead atoms. The van der Waals surface area contributed by atoms with Crippen LogP contribution in [-0.2, 0) is 9.57 Å². The molecule has 2 heterocycles. The molecule has 0 aromatic heterocycles. The number of ether oxygens (including phenoxy) is 1. The fourth-order valence-electron chi connectivity index (χ4n) is 4.56. The number of hydroxylamine groups is 2. The number of hydrogen-bond acceptors (Lipinski definition) is 7. The summed E-state index contributed by atoms with van der Waals surface area (Å²) in [5.41, 5.74) is 0.115. The maximum Gasteiger partial charge on any atom is 0.365 e. The zero-order valence-corrected chi connectivity index (χ0v) is 19.3. The Morgan fingerprint density at radius 2 is 1.69 bits per heavy atom. The van der Waals surface area contributed by atoms with E-state index in [1.165, 1.54) is 7.11 Å². The molecule has 1 aromatic carbocycles. The summed E-state index contributed by atoms with van der Waals surface area (Å²) in [6.07, 6.45) is 2.21. The molecule has 2 aliphatic heterocycles. The van der Waals surface area contributed by atoms with Crippen molar-refractivity contribution in [2.24, 2.45) is 4.99 Å². The summed E-state index contributed by atoms with van der Waals surface area (Å²) in [5.74, 6) is -3.16. The molecule has 0 radical (unpaired) electrons. The lowest BCUT2D eigenvalue weighted by Gasteiger charge is -2.55. The normalized spacial score (nSPS) is 26.1. The Labute approximate surface area is 187 Å². The summed E-state index contributed by atoms with van der Waals surface area (Å²) >= 11 is 0. The summed E-state index contributed by atoms with van der Waals surface area (Å²) in [6.45, 7) is 5.13. The van der Waals surface area contributed by atoms with Crippen LogP contribution >= 0.6 is 0 Å². The van der Waals surface area contributed by atoms with Crippen molar-refractivity contribution < 1.29 is 22.7 Å². The molecule has 0 aliphatic carbocycles. The van der Waals surface area contributed by atoms with Gasteiger partial charge in [-0.3, -0.25) is 10.2 Å². The number of nitrogens with one attached hydrogen (secondary N) is 2. The van der Waals surface area contributed by atoms with Gasteiger partial charge in [0.2, 0.25) is 5.96 Å². The zero-order chi connectivity index (χ0) is 23.7. The standard InChI is InChI=1S/C22H32F3N5O2/c1-20(2)12-16(13-21(3,4)29(20)5)28-22(31-6)17(23)14-26-19(30(22)32-18(24)25)27-15-10-8-7-9-11-15/h7-11,14,16,18,28H,12-13H2,1-6H3,(H,26,27). The highest BCUT2D eigenvalue weighted by Gasteiger charge is 2.53. The van der Waals surface area contributed by atoms with Crippen molar-refractivity contribution in [1.82, 2.24) is 15.3 Å². The van der Waals surface area contributed by atoms with Crippen molar-refractivity contribution in [3.63, 3.8) is 0 Å². The molecule has 0 amide bonds. The fourth-order valence-corrected chi connectivity index (χ4v) is 4.56. The van der Waals surface area contributed by atoms with Crippen molar-refractivity contribution >= 4 is 11.6 Å². The van der Waals surface area contributed by atoms with E-state index in [4.69, 9.17) is 9.57 Å². The number of halogens is 3. The van der Waals surface area contributed by atoms with Crippen molar-refractivity contribution in [2.45, 2.75) is 70.1 Å². The number of alkyl halides is 2. The minimum Gasteiger partial charge on any atom is -0.339 e. The predicted molar refractivity (Wildman–Crippen MR) is 117 cm³/mol. The SMILES string of the molecule is COC1(NC2CC(C)(C)N(C)C(C)(C)C2)C(F)=CN=C(Nc2ccccc2)N1OC(F)F. The van der Waals surface area contributed by atoms with Gasteiger partial charge in [-0.15, -0.1) is 0 Å². The van der Waals surface area contributed by atoms with Crippen LogP contribution in [-0.4, -0.2) is 59.7 Å². The van der Waals surface area contributed by atoms with Gasteiger partial charge < -0.3 is 10.1 Å². The Morgan fingerprint density at radius 1 is 1.09 bits per heavy atom. The number of likely N-dealkylation sites (tertiary alicyclic amines) is 1. The summed E-state index contributed by atoms with van der Waals surface area (Å²) < 4.78 is 47.7. The quantitative estimate of drug-likeness (QED) is 0.625. The average Bonchev–Trinajstić information content (AvgIpc) is 2.71. The van der Waals surface area contributed by atoms with E-state index in [1.807, 2.05) is 13.1 Å². The summed E-state index contributed by atoms with van der Waals surface area (Å²) in [7, 11) is 3.28. The number of hydrogen-bond donors (Lipinski definition) is 2. The second kappa shape index (κ2) is 9.01. The smallest absolute Gasteiger partial charge is 0.339 e. The van der Waals surface area contributed by atoms with E-state index in [9.17, 15) is 8.78 Å². The second-order valence-corrected chi connectivity index (χ2v) is 9.36. The third-order valence-electron chi connectivity index (χ3n) is 6.32. The Hall–Kier alpha value is -2.14. The predicted octanol–water partition coefficient (Wildman–Crippen LogP) is 4.28. The second-order valence-electron chi connectivity index (χ2n) is 9.36. The van der Waals surface area contributed by atoms with E-state index in [0.29, 0.717) is 23.6 Å². The Bertz CT molecular complexity index is 844. The van der Waals surface area contributed by atoms with Gasteiger partial charge in [0.25, 0.3) is 5.85 Å². The molecule has 3 rings (SSSR count). The molecule has 32 heavy (non-hydrogen) atoms. The van der Waals surface area contributed by atoms with Crippen molar-refractivity contribution in [3.8, 4) is 0 Å². The van der Waals surface area contributed by atoms with Crippen LogP contribution in [0.3, 0.4) is 0 Å². The molecule has 178 valence electrons. The van der Waals surface area contributed by atoms with Crippen LogP contribution in [0.2, 0.25) is 0 Å². The maximum absolute atomic E-state index is 15.3. The van der Waals surface area contributed by atoms with Crippen molar-refractivity contribution in [2.75, 3.05) is 19.5 Å². The molecule has 2 aliphatic rings. The monoisotopic (exact) mass is 455 g/mol. The van der Waals surface area contributed by atoms with Gasteiger partial charge in [-0.1, -0.05) is 18.2 Å². The maximum atomic E-state index is 15.3. The van der Waals surface area contributed by atoms with Crippen LogP contribution in [0.15, 0.2) is 47.4 Å². The molecule has 0 spiro atoms. The Balaban J connectivity index is 1.96. The minimum absolute atomic E-state index is 0.140. The lowest BCUT2D eigenvalue weighted by Crippen LogP contribution is -2.70. The molecule has 2 N–H and O–H groups in total. The first-order valence-corrected chi connectivity index (χ1v) is 10.5. The van der Waals surface area contributed by atoms with E-state index in [2.05, 4.69) is 48.2 Å². The van der Waals surface area contributed by atoms with E-state index >= 15 is 4.39 Å². The third kappa shape index (κ3) is 4.78. The van der Waals surface area contributed by atoms with Gasteiger partial charge in [0.15, 0.2) is 5.83 Å². The number of guanidine groups is 1. The van der Waals surface area contributed by atoms with E-state index in [0.717, 1.165) is 6.20 Å². The largest absolute Gasteiger partial charge is 0.365 e. The van der Waals surface area contributed by atoms with Crippen LogP contribution in [0, 0.1) is 0 Å².